The fraction of sp³-hybridized carbons (Fsp3) is 0.296. The van der Waals surface area contributed by atoms with E-state index in [-0.39, 0.29) is 11.8 Å². The lowest BCUT2D eigenvalue weighted by Gasteiger charge is -2.41. The highest BCUT2D eigenvalue weighted by atomic mass is 16.2. The van der Waals surface area contributed by atoms with Crippen LogP contribution in [0.1, 0.15) is 24.0 Å². The van der Waals surface area contributed by atoms with Gasteiger partial charge in [-0.3, -0.25) is 14.6 Å². The molecular formula is C27H29N3O2. The van der Waals surface area contributed by atoms with Crippen LogP contribution in [0.2, 0.25) is 0 Å². The summed E-state index contributed by atoms with van der Waals surface area (Å²) in [6.45, 7) is 1.14. The topological polar surface area (TPSA) is 62.3 Å². The van der Waals surface area contributed by atoms with Gasteiger partial charge in [-0.1, -0.05) is 54.6 Å². The summed E-state index contributed by atoms with van der Waals surface area (Å²) in [7, 11) is 1.68. The van der Waals surface area contributed by atoms with E-state index >= 15 is 0 Å². The van der Waals surface area contributed by atoms with Crippen LogP contribution in [0.4, 0.5) is 0 Å². The summed E-state index contributed by atoms with van der Waals surface area (Å²) < 4.78 is 0. The van der Waals surface area contributed by atoms with Crippen LogP contribution < -0.4 is 5.32 Å². The molecule has 3 aromatic rings. The minimum absolute atomic E-state index is 0.00373. The second-order valence-corrected chi connectivity index (χ2v) is 8.55. The highest BCUT2D eigenvalue weighted by molar-refractivity contribution is 5.85. The van der Waals surface area contributed by atoms with Gasteiger partial charge in [-0.15, -0.1) is 0 Å². The molecule has 1 N–H and O–H groups in total. The van der Waals surface area contributed by atoms with Crippen molar-refractivity contribution >= 4 is 11.8 Å². The monoisotopic (exact) mass is 427 g/mol. The number of piperidine rings is 1. The molecule has 0 aliphatic carbocycles. The van der Waals surface area contributed by atoms with Gasteiger partial charge in [0, 0.05) is 32.5 Å². The van der Waals surface area contributed by atoms with Gasteiger partial charge < -0.3 is 10.2 Å². The Morgan fingerprint density at radius 1 is 0.969 bits per heavy atom. The summed E-state index contributed by atoms with van der Waals surface area (Å²) in [5.74, 6) is 0.0822. The summed E-state index contributed by atoms with van der Waals surface area (Å²) in [4.78, 5) is 32.1. The number of aromatic nitrogens is 1. The van der Waals surface area contributed by atoms with Crippen molar-refractivity contribution in [3.63, 3.8) is 0 Å². The standard InChI is InChI=1S/C27H29N3O2/c1-28-26(32)27(19-22-9-5-10-24(17-22)23-11-14-29-15-12-23)13-6-16-30(20-27)25(31)18-21-7-3-2-4-8-21/h2-5,7-12,14-15,17H,6,13,16,18-20H2,1H3,(H,28,32). The van der Waals surface area contributed by atoms with Crippen molar-refractivity contribution in [1.29, 1.82) is 0 Å². The van der Waals surface area contributed by atoms with Crippen LogP contribution in [0.5, 0.6) is 0 Å². The smallest absolute Gasteiger partial charge is 0.228 e. The number of carbonyl (C=O) groups excluding carboxylic acids is 2. The minimum Gasteiger partial charge on any atom is -0.359 e. The Morgan fingerprint density at radius 3 is 2.47 bits per heavy atom. The number of nitrogens with zero attached hydrogens (tertiary/aromatic N) is 2. The van der Waals surface area contributed by atoms with E-state index in [4.69, 9.17) is 0 Å². The number of rotatable bonds is 6. The number of amides is 2. The lowest BCUT2D eigenvalue weighted by Crippen LogP contribution is -2.54. The summed E-state index contributed by atoms with van der Waals surface area (Å²) in [6, 6.07) is 22.1. The van der Waals surface area contributed by atoms with Crippen LogP contribution in [-0.2, 0) is 22.4 Å². The summed E-state index contributed by atoms with van der Waals surface area (Å²) in [5, 5.41) is 2.87. The van der Waals surface area contributed by atoms with Crippen LogP contribution in [0.3, 0.4) is 0 Å². The van der Waals surface area contributed by atoms with Gasteiger partial charge in [0.05, 0.1) is 11.8 Å². The number of hydrogen-bond acceptors (Lipinski definition) is 3. The fourth-order valence-electron chi connectivity index (χ4n) is 4.70. The average molecular weight is 428 g/mol. The van der Waals surface area contributed by atoms with E-state index in [0.717, 1.165) is 35.1 Å². The number of benzene rings is 2. The van der Waals surface area contributed by atoms with Gasteiger partial charge in [0.2, 0.25) is 11.8 Å². The van der Waals surface area contributed by atoms with Gasteiger partial charge in [0.1, 0.15) is 0 Å². The van der Waals surface area contributed by atoms with E-state index in [1.165, 1.54) is 0 Å². The molecule has 2 heterocycles. The van der Waals surface area contributed by atoms with Crippen molar-refractivity contribution in [2.75, 3.05) is 20.1 Å². The molecule has 1 aromatic heterocycles. The first-order valence-electron chi connectivity index (χ1n) is 11.1. The van der Waals surface area contributed by atoms with E-state index in [2.05, 4.69) is 28.5 Å². The molecule has 1 unspecified atom stereocenters. The largest absolute Gasteiger partial charge is 0.359 e. The van der Waals surface area contributed by atoms with Gasteiger partial charge in [-0.05, 0) is 53.6 Å². The molecule has 4 rings (SSSR count). The van der Waals surface area contributed by atoms with Crippen molar-refractivity contribution in [2.24, 2.45) is 5.41 Å². The number of pyridine rings is 1. The minimum atomic E-state index is -0.629. The predicted octanol–water partition coefficient (Wildman–Crippen LogP) is 3.89. The Morgan fingerprint density at radius 2 is 1.72 bits per heavy atom. The van der Waals surface area contributed by atoms with Gasteiger partial charge in [0.15, 0.2) is 0 Å². The zero-order chi connectivity index (χ0) is 22.4. The van der Waals surface area contributed by atoms with Gasteiger partial charge >= 0.3 is 0 Å². The molecule has 1 fully saturated rings. The molecule has 2 aromatic carbocycles. The molecule has 32 heavy (non-hydrogen) atoms. The normalized spacial score (nSPS) is 18.2. The molecular weight excluding hydrogens is 398 g/mol. The second kappa shape index (κ2) is 9.77. The van der Waals surface area contributed by atoms with Gasteiger partial charge in [-0.2, -0.15) is 0 Å². The Balaban J connectivity index is 1.56. The Labute approximate surface area is 189 Å². The molecule has 1 aliphatic rings. The van der Waals surface area contributed by atoms with Gasteiger partial charge in [-0.25, -0.2) is 0 Å². The molecule has 5 nitrogen and oxygen atoms in total. The summed E-state index contributed by atoms with van der Waals surface area (Å²) in [5.41, 5.74) is 3.67. The number of hydrogen-bond donors (Lipinski definition) is 1. The Kier molecular flexibility index (Phi) is 6.64. The first-order valence-corrected chi connectivity index (χ1v) is 11.1. The van der Waals surface area contributed by atoms with Crippen LogP contribution in [-0.4, -0.2) is 41.8 Å². The predicted molar refractivity (Wildman–Crippen MR) is 126 cm³/mol. The lowest BCUT2D eigenvalue weighted by molar-refractivity contribution is -0.141. The van der Waals surface area contributed by atoms with E-state index in [9.17, 15) is 9.59 Å². The average Bonchev–Trinajstić information content (AvgIpc) is 2.85. The molecule has 2 amide bonds. The molecule has 164 valence electrons. The molecule has 0 radical (unpaired) electrons. The quantitative estimate of drug-likeness (QED) is 0.649. The maximum absolute atomic E-state index is 13.1. The molecule has 1 atom stereocenters. The second-order valence-electron chi connectivity index (χ2n) is 8.55. The van der Waals surface area contributed by atoms with Crippen molar-refractivity contribution in [2.45, 2.75) is 25.7 Å². The highest BCUT2D eigenvalue weighted by Crippen LogP contribution is 2.35. The van der Waals surface area contributed by atoms with E-state index in [1.807, 2.05) is 53.4 Å². The lowest BCUT2D eigenvalue weighted by atomic mass is 9.74. The molecule has 1 aliphatic heterocycles. The maximum atomic E-state index is 13.1. The number of nitrogens with one attached hydrogen (secondary N) is 1. The van der Waals surface area contributed by atoms with Crippen LogP contribution in [0.15, 0.2) is 79.1 Å². The third kappa shape index (κ3) is 4.88. The zero-order valence-corrected chi connectivity index (χ0v) is 18.5. The SMILES string of the molecule is CNC(=O)C1(Cc2cccc(-c3ccncc3)c2)CCCN(C(=O)Cc2ccccc2)C1. The van der Waals surface area contributed by atoms with E-state index in [1.54, 1.807) is 19.4 Å². The van der Waals surface area contributed by atoms with Crippen molar-refractivity contribution in [3.8, 4) is 11.1 Å². The molecule has 0 saturated carbocycles. The molecule has 0 spiro atoms. The Bertz CT molecular complexity index is 1070. The fourth-order valence-corrected chi connectivity index (χ4v) is 4.70. The first-order chi connectivity index (χ1) is 15.6. The summed E-state index contributed by atoms with van der Waals surface area (Å²) in [6.07, 6.45) is 6.11. The molecule has 1 saturated heterocycles. The number of carbonyl (C=O) groups is 2. The first kappa shape index (κ1) is 21.8. The summed E-state index contributed by atoms with van der Waals surface area (Å²) >= 11 is 0. The van der Waals surface area contributed by atoms with Gasteiger partial charge in [0.25, 0.3) is 0 Å². The van der Waals surface area contributed by atoms with Crippen LogP contribution >= 0.6 is 0 Å². The zero-order valence-electron chi connectivity index (χ0n) is 18.5. The number of likely N-dealkylation sites (tertiary alicyclic amines) is 1. The van der Waals surface area contributed by atoms with Crippen molar-refractivity contribution in [1.82, 2.24) is 15.2 Å². The maximum Gasteiger partial charge on any atom is 0.228 e. The van der Waals surface area contributed by atoms with Crippen molar-refractivity contribution < 1.29 is 9.59 Å². The molecule has 5 heteroatoms. The Hall–Kier alpha value is -3.47. The van der Waals surface area contributed by atoms with E-state index in [0.29, 0.717) is 25.9 Å². The van der Waals surface area contributed by atoms with E-state index < -0.39 is 5.41 Å². The van der Waals surface area contributed by atoms with Crippen molar-refractivity contribution in [3.05, 3.63) is 90.3 Å². The molecule has 0 bridgehead atoms. The third-order valence-electron chi connectivity index (χ3n) is 6.32. The van der Waals surface area contributed by atoms with Crippen LogP contribution in [0.25, 0.3) is 11.1 Å². The third-order valence-corrected chi connectivity index (χ3v) is 6.32. The van der Waals surface area contributed by atoms with Crippen LogP contribution in [0, 0.1) is 5.41 Å². The highest BCUT2D eigenvalue weighted by Gasteiger charge is 2.43.